The van der Waals surface area contributed by atoms with Crippen LogP contribution in [-0.2, 0) is 20.4 Å². The molecule has 6 N–H and O–H groups in total. The van der Waals surface area contributed by atoms with Gasteiger partial charge in [-0.05, 0) is 19.9 Å². The van der Waals surface area contributed by atoms with Crippen molar-refractivity contribution < 1.29 is 13.2 Å². The minimum absolute atomic E-state index is 0.0291. The van der Waals surface area contributed by atoms with Crippen molar-refractivity contribution in [2.45, 2.75) is 24.3 Å². The van der Waals surface area contributed by atoms with Gasteiger partial charge >= 0.3 is 0 Å². The lowest BCUT2D eigenvalue weighted by Crippen LogP contribution is -2.41. The van der Waals surface area contributed by atoms with Gasteiger partial charge < -0.3 is 11.5 Å². The number of carbonyl (C=O) groups is 1. The largest absolute Gasteiger partial charge is 0.397 e. The predicted octanol–water partition coefficient (Wildman–Crippen LogP) is 0.000100. The van der Waals surface area contributed by atoms with Crippen molar-refractivity contribution in [1.29, 1.82) is 0 Å². The van der Waals surface area contributed by atoms with E-state index in [9.17, 15) is 13.2 Å². The summed E-state index contributed by atoms with van der Waals surface area (Å²) in [6, 6.07) is 4.50. The van der Waals surface area contributed by atoms with Gasteiger partial charge in [0.05, 0.1) is 11.9 Å². The summed E-state index contributed by atoms with van der Waals surface area (Å²) in [6.45, 7) is 3.24. The molecular formula is C13H17N5O3S. The van der Waals surface area contributed by atoms with Gasteiger partial charge in [0, 0.05) is 17.3 Å². The van der Waals surface area contributed by atoms with Crippen LogP contribution in [0.2, 0.25) is 0 Å². The van der Waals surface area contributed by atoms with Crippen molar-refractivity contribution in [3.63, 3.8) is 0 Å². The third-order valence-electron chi connectivity index (χ3n) is 3.44. The Bertz CT molecular complexity index is 839. The van der Waals surface area contributed by atoms with E-state index in [0.717, 1.165) is 0 Å². The van der Waals surface area contributed by atoms with Crippen LogP contribution in [0.15, 0.2) is 35.5 Å². The molecule has 0 bridgehead atoms. The molecule has 0 radical (unpaired) electrons. The lowest BCUT2D eigenvalue weighted by Gasteiger charge is -2.20. The first-order chi connectivity index (χ1) is 10.0. The predicted molar refractivity (Wildman–Crippen MR) is 82.0 cm³/mol. The quantitative estimate of drug-likeness (QED) is 0.677. The van der Waals surface area contributed by atoms with Crippen molar-refractivity contribution in [3.8, 4) is 11.1 Å². The lowest BCUT2D eigenvalue weighted by atomic mass is 10.0. The number of nitrogen functional groups attached to an aromatic ring is 1. The first kappa shape index (κ1) is 16.0. The van der Waals surface area contributed by atoms with Gasteiger partial charge in [-0.25, -0.2) is 13.6 Å². The van der Waals surface area contributed by atoms with Gasteiger partial charge in [0.15, 0.2) is 0 Å². The minimum atomic E-state index is -3.93. The molecule has 22 heavy (non-hydrogen) atoms. The van der Waals surface area contributed by atoms with E-state index < -0.39 is 21.5 Å². The summed E-state index contributed by atoms with van der Waals surface area (Å²) in [5.74, 6) is -0.548. The molecule has 0 spiro atoms. The number of hydrogen-bond donors (Lipinski definition) is 3. The van der Waals surface area contributed by atoms with Gasteiger partial charge in [-0.2, -0.15) is 5.10 Å². The van der Waals surface area contributed by atoms with E-state index in [2.05, 4.69) is 5.10 Å². The number of rotatable bonds is 4. The van der Waals surface area contributed by atoms with Gasteiger partial charge in [0.25, 0.3) is 0 Å². The first-order valence-electron chi connectivity index (χ1n) is 6.32. The maximum atomic E-state index is 11.5. The molecule has 118 valence electrons. The molecule has 0 saturated carbocycles. The molecule has 0 saturated heterocycles. The number of anilines is 1. The van der Waals surface area contributed by atoms with Crippen LogP contribution in [0.5, 0.6) is 0 Å². The van der Waals surface area contributed by atoms with E-state index in [1.54, 1.807) is 26.1 Å². The van der Waals surface area contributed by atoms with Crippen LogP contribution in [0.3, 0.4) is 0 Å². The Morgan fingerprint density at radius 3 is 2.50 bits per heavy atom. The summed E-state index contributed by atoms with van der Waals surface area (Å²) in [5.41, 5.74) is 11.2. The molecule has 0 unspecified atom stereocenters. The fourth-order valence-corrected chi connectivity index (χ4v) is 2.61. The van der Waals surface area contributed by atoms with E-state index in [4.69, 9.17) is 16.6 Å². The Kier molecular flexibility index (Phi) is 3.71. The van der Waals surface area contributed by atoms with Crippen LogP contribution >= 0.6 is 0 Å². The molecule has 0 fully saturated rings. The fraction of sp³-hybridized carbons (Fsp3) is 0.231. The highest BCUT2D eigenvalue weighted by Crippen LogP contribution is 2.31. The van der Waals surface area contributed by atoms with Gasteiger partial charge in [-0.15, -0.1) is 0 Å². The Morgan fingerprint density at radius 1 is 1.32 bits per heavy atom. The normalized spacial score (nSPS) is 12.3. The molecule has 9 heteroatoms. The molecule has 2 rings (SSSR count). The number of benzene rings is 1. The van der Waals surface area contributed by atoms with E-state index in [-0.39, 0.29) is 10.6 Å². The van der Waals surface area contributed by atoms with Crippen LogP contribution in [-0.4, -0.2) is 24.1 Å². The van der Waals surface area contributed by atoms with Crippen LogP contribution in [0.4, 0.5) is 5.69 Å². The van der Waals surface area contributed by atoms with Crippen molar-refractivity contribution >= 4 is 21.6 Å². The molecule has 1 amide bonds. The molecule has 0 aliphatic rings. The monoisotopic (exact) mass is 323 g/mol. The summed E-state index contributed by atoms with van der Waals surface area (Å²) < 4.78 is 24.4. The zero-order valence-electron chi connectivity index (χ0n) is 12.1. The SMILES string of the molecule is CC(C)(C(N)=O)n1cc(-c2cccc(S(N)(=O)=O)c2N)cn1. The zero-order valence-corrected chi connectivity index (χ0v) is 13.0. The number of primary sulfonamides is 1. The van der Waals surface area contributed by atoms with Crippen molar-refractivity contribution in [2.75, 3.05) is 5.73 Å². The number of aromatic nitrogens is 2. The Labute approximate surface area is 127 Å². The molecule has 0 atom stereocenters. The molecule has 1 aromatic heterocycles. The lowest BCUT2D eigenvalue weighted by molar-refractivity contribution is -0.125. The van der Waals surface area contributed by atoms with Crippen molar-refractivity contribution in [3.05, 3.63) is 30.6 Å². The first-order valence-corrected chi connectivity index (χ1v) is 7.86. The molecule has 1 aromatic carbocycles. The molecule has 8 nitrogen and oxygen atoms in total. The van der Waals surface area contributed by atoms with Gasteiger partial charge in [-0.3, -0.25) is 9.48 Å². The summed E-state index contributed by atoms with van der Waals surface area (Å²) in [6.07, 6.45) is 3.05. The third-order valence-corrected chi connectivity index (χ3v) is 4.41. The third kappa shape index (κ3) is 2.68. The number of amides is 1. The highest BCUT2D eigenvalue weighted by molar-refractivity contribution is 7.89. The molecule has 0 aliphatic carbocycles. The van der Waals surface area contributed by atoms with Crippen molar-refractivity contribution in [2.24, 2.45) is 10.9 Å². The summed E-state index contributed by atoms with van der Waals surface area (Å²) in [7, 11) is -3.93. The molecular weight excluding hydrogens is 306 g/mol. The Balaban J connectivity index is 2.56. The maximum Gasteiger partial charge on any atom is 0.244 e. The second-order valence-electron chi connectivity index (χ2n) is 5.36. The van der Waals surface area contributed by atoms with E-state index in [1.165, 1.54) is 23.0 Å². The number of sulfonamides is 1. The minimum Gasteiger partial charge on any atom is -0.397 e. The highest BCUT2D eigenvalue weighted by Gasteiger charge is 2.28. The van der Waals surface area contributed by atoms with Crippen LogP contribution in [0.1, 0.15) is 13.8 Å². The average Bonchev–Trinajstić information content (AvgIpc) is 2.87. The number of nitrogens with zero attached hydrogens (tertiary/aromatic N) is 2. The summed E-state index contributed by atoms with van der Waals surface area (Å²) in [4.78, 5) is 11.3. The van der Waals surface area contributed by atoms with Crippen LogP contribution in [0, 0.1) is 0 Å². The second-order valence-corrected chi connectivity index (χ2v) is 6.89. The number of carbonyl (C=O) groups excluding carboxylic acids is 1. The van der Waals surface area contributed by atoms with E-state index in [1.807, 2.05) is 0 Å². The van der Waals surface area contributed by atoms with Gasteiger partial charge in [0.1, 0.15) is 10.4 Å². The number of nitrogens with two attached hydrogens (primary N) is 3. The number of para-hydroxylation sites is 1. The number of hydrogen-bond acceptors (Lipinski definition) is 5. The van der Waals surface area contributed by atoms with Crippen LogP contribution in [0.25, 0.3) is 11.1 Å². The molecule has 0 aliphatic heterocycles. The highest BCUT2D eigenvalue weighted by atomic mass is 32.2. The molecule has 1 heterocycles. The number of primary amides is 1. The maximum absolute atomic E-state index is 11.5. The fourth-order valence-electron chi connectivity index (χ4n) is 1.92. The Hall–Kier alpha value is -2.39. The second kappa shape index (κ2) is 5.11. The van der Waals surface area contributed by atoms with Crippen LogP contribution < -0.4 is 16.6 Å². The Morgan fingerprint density at radius 2 is 1.95 bits per heavy atom. The molecule has 2 aromatic rings. The van der Waals surface area contributed by atoms with Crippen molar-refractivity contribution in [1.82, 2.24) is 9.78 Å². The summed E-state index contributed by atoms with van der Waals surface area (Å²) >= 11 is 0. The zero-order chi connectivity index (χ0) is 16.7. The topological polar surface area (TPSA) is 147 Å². The standard InChI is InChI=1S/C13H17N5O3S/c1-13(2,12(15)19)18-7-8(6-17-18)9-4-3-5-10(11(9)14)22(16,20)21/h3-7H,14H2,1-2H3,(H2,15,19)(H2,16,20,21). The van der Waals surface area contributed by atoms with E-state index >= 15 is 0 Å². The van der Waals surface area contributed by atoms with Gasteiger partial charge in [-0.1, -0.05) is 12.1 Å². The van der Waals surface area contributed by atoms with E-state index in [0.29, 0.717) is 11.1 Å². The van der Waals surface area contributed by atoms with Gasteiger partial charge in [0.2, 0.25) is 15.9 Å². The smallest absolute Gasteiger partial charge is 0.244 e. The average molecular weight is 323 g/mol. The summed E-state index contributed by atoms with van der Waals surface area (Å²) in [5, 5.41) is 9.23.